The van der Waals surface area contributed by atoms with E-state index in [-0.39, 0.29) is 5.97 Å². The van der Waals surface area contributed by atoms with Gasteiger partial charge in [-0.25, -0.2) is 0 Å². The highest BCUT2D eigenvalue weighted by atomic mass is 16.5. The lowest BCUT2D eigenvalue weighted by Crippen LogP contribution is -2.46. The van der Waals surface area contributed by atoms with E-state index in [1.807, 2.05) is 0 Å². The van der Waals surface area contributed by atoms with Crippen LogP contribution < -0.4 is 5.32 Å². The number of carbonyl (C=O) groups is 1. The number of carbonyl (C=O) groups excluding carboxylic acids is 1. The molecular weight excluding hydrogens is 182 g/mol. The zero-order chi connectivity index (χ0) is 10.6. The van der Waals surface area contributed by atoms with Crippen molar-refractivity contribution < 1.29 is 14.3 Å². The number of rotatable bonds is 4. The Morgan fingerprint density at radius 3 is 2.86 bits per heavy atom. The van der Waals surface area contributed by atoms with Crippen LogP contribution in [0.3, 0.4) is 0 Å². The average molecular weight is 201 g/mol. The molecule has 1 saturated heterocycles. The fourth-order valence-electron chi connectivity index (χ4n) is 1.19. The van der Waals surface area contributed by atoms with Gasteiger partial charge in [0, 0.05) is 12.5 Å². The summed E-state index contributed by atoms with van der Waals surface area (Å²) < 4.78 is 10.4. The molecule has 1 rings (SSSR count). The summed E-state index contributed by atoms with van der Waals surface area (Å²) in [6.07, 6.45) is 0.993. The van der Waals surface area contributed by atoms with Crippen molar-refractivity contribution in [2.45, 2.75) is 25.8 Å². The highest BCUT2D eigenvalue weighted by molar-refractivity contribution is 5.79. The van der Waals surface area contributed by atoms with Gasteiger partial charge in [-0.1, -0.05) is 0 Å². The van der Waals surface area contributed by atoms with Crippen LogP contribution in [0.25, 0.3) is 0 Å². The quantitative estimate of drug-likeness (QED) is 0.675. The van der Waals surface area contributed by atoms with Crippen LogP contribution in [0.15, 0.2) is 0 Å². The van der Waals surface area contributed by atoms with Gasteiger partial charge < -0.3 is 14.8 Å². The van der Waals surface area contributed by atoms with Gasteiger partial charge in [0.05, 0.1) is 13.2 Å². The molecule has 1 atom stereocenters. The van der Waals surface area contributed by atoms with Crippen molar-refractivity contribution in [3.8, 4) is 0 Å². The monoisotopic (exact) mass is 201 g/mol. The molecule has 82 valence electrons. The fraction of sp³-hybridized carbons (Fsp3) is 0.900. The highest BCUT2D eigenvalue weighted by Crippen LogP contribution is 2.14. The molecule has 0 aliphatic carbocycles. The van der Waals surface area contributed by atoms with E-state index in [2.05, 4.69) is 5.32 Å². The standard InChI is InChI=1S/C10H19NO3/c1-10(2,11-3)9(12)14-7-8-4-5-13-6-8/h8,11H,4-7H2,1-3H3. The second-order valence-electron chi connectivity index (χ2n) is 4.20. The summed E-state index contributed by atoms with van der Waals surface area (Å²) >= 11 is 0. The first-order valence-corrected chi connectivity index (χ1v) is 5.00. The molecule has 4 heteroatoms. The Hall–Kier alpha value is -0.610. The van der Waals surface area contributed by atoms with Gasteiger partial charge in [-0.15, -0.1) is 0 Å². The predicted octanol–water partition coefficient (Wildman–Crippen LogP) is 0.564. The molecule has 1 aliphatic heterocycles. The van der Waals surface area contributed by atoms with Crippen molar-refractivity contribution in [1.82, 2.24) is 5.32 Å². The van der Waals surface area contributed by atoms with Crippen molar-refractivity contribution in [3.63, 3.8) is 0 Å². The molecule has 0 saturated carbocycles. The minimum absolute atomic E-state index is 0.202. The molecule has 4 nitrogen and oxygen atoms in total. The third kappa shape index (κ3) is 2.96. The second kappa shape index (κ2) is 4.75. The first kappa shape index (κ1) is 11.5. The maximum atomic E-state index is 11.5. The molecule has 0 spiro atoms. The minimum Gasteiger partial charge on any atom is -0.464 e. The summed E-state index contributed by atoms with van der Waals surface area (Å²) in [5.41, 5.74) is -0.598. The van der Waals surface area contributed by atoms with Crippen molar-refractivity contribution in [2.75, 3.05) is 26.9 Å². The third-order valence-electron chi connectivity index (χ3n) is 2.61. The predicted molar refractivity (Wildman–Crippen MR) is 53.0 cm³/mol. The summed E-state index contributed by atoms with van der Waals surface area (Å²) in [7, 11) is 1.75. The van der Waals surface area contributed by atoms with Crippen molar-refractivity contribution >= 4 is 5.97 Å². The number of ether oxygens (including phenoxy) is 2. The van der Waals surface area contributed by atoms with E-state index in [1.54, 1.807) is 20.9 Å². The Labute approximate surface area is 85.0 Å². The van der Waals surface area contributed by atoms with Crippen LogP contribution in [0.2, 0.25) is 0 Å². The number of likely N-dealkylation sites (N-methyl/N-ethyl adjacent to an activating group) is 1. The SMILES string of the molecule is CNC(C)(C)C(=O)OCC1CCOC1. The molecule has 0 aromatic carbocycles. The zero-order valence-electron chi connectivity index (χ0n) is 9.13. The van der Waals surface area contributed by atoms with E-state index < -0.39 is 5.54 Å². The molecule has 0 amide bonds. The first-order valence-electron chi connectivity index (χ1n) is 5.00. The van der Waals surface area contributed by atoms with Crippen LogP contribution in [0.4, 0.5) is 0 Å². The summed E-state index contributed by atoms with van der Waals surface area (Å²) in [5.74, 6) is 0.179. The maximum absolute atomic E-state index is 11.5. The summed E-state index contributed by atoms with van der Waals surface area (Å²) in [4.78, 5) is 11.5. The van der Waals surface area contributed by atoms with Crippen LogP contribution >= 0.6 is 0 Å². The van der Waals surface area contributed by atoms with E-state index in [9.17, 15) is 4.79 Å². The Bertz CT molecular complexity index is 198. The maximum Gasteiger partial charge on any atom is 0.325 e. The lowest BCUT2D eigenvalue weighted by atomic mass is 10.1. The lowest BCUT2D eigenvalue weighted by Gasteiger charge is -2.22. The van der Waals surface area contributed by atoms with E-state index in [1.165, 1.54) is 0 Å². The molecule has 1 aliphatic rings. The molecule has 0 bridgehead atoms. The molecule has 14 heavy (non-hydrogen) atoms. The van der Waals surface area contributed by atoms with Gasteiger partial charge in [0.2, 0.25) is 0 Å². The smallest absolute Gasteiger partial charge is 0.325 e. The van der Waals surface area contributed by atoms with E-state index in [0.717, 1.165) is 13.0 Å². The molecule has 1 unspecified atom stereocenters. The Kier molecular flexibility index (Phi) is 3.89. The van der Waals surface area contributed by atoms with Crippen LogP contribution in [0, 0.1) is 5.92 Å². The number of hydrogen-bond donors (Lipinski definition) is 1. The number of nitrogens with one attached hydrogen (secondary N) is 1. The lowest BCUT2D eigenvalue weighted by molar-refractivity contribution is -0.151. The summed E-state index contributed by atoms with van der Waals surface area (Å²) in [6.45, 7) is 5.59. The number of esters is 1. The summed E-state index contributed by atoms with van der Waals surface area (Å²) in [5, 5.41) is 2.91. The highest BCUT2D eigenvalue weighted by Gasteiger charge is 2.28. The second-order valence-corrected chi connectivity index (χ2v) is 4.20. The van der Waals surface area contributed by atoms with Crippen molar-refractivity contribution in [2.24, 2.45) is 5.92 Å². The topological polar surface area (TPSA) is 47.6 Å². The number of hydrogen-bond acceptors (Lipinski definition) is 4. The third-order valence-corrected chi connectivity index (χ3v) is 2.61. The van der Waals surface area contributed by atoms with Crippen LogP contribution in [0.1, 0.15) is 20.3 Å². The molecular formula is C10H19NO3. The van der Waals surface area contributed by atoms with Gasteiger partial charge >= 0.3 is 5.97 Å². The molecule has 0 aromatic heterocycles. The fourth-order valence-corrected chi connectivity index (χ4v) is 1.19. The molecule has 1 N–H and O–H groups in total. The molecule has 1 fully saturated rings. The molecule has 0 radical (unpaired) electrons. The minimum atomic E-state index is -0.598. The van der Waals surface area contributed by atoms with Crippen LogP contribution in [-0.4, -0.2) is 38.4 Å². The van der Waals surface area contributed by atoms with Gasteiger partial charge in [-0.2, -0.15) is 0 Å². The van der Waals surface area contributed by atoms with E-state index in [4.69, 9.17) is 9.47 Å². The normalized spacial score (nSPS) is 22.4. The first-order chi connectivity index (χ1) is 6.56. The Balaban J connectivity index is 2.26. The zero-order valence-corrected chi connectivity index (χ0v) is 9.13. The van der Waals surface area contributed by atoms with E-state index in [0.29, 0.717) is 19.1 Å². The van der Waals surface area contributed by atoms with Gasteiger partial charge in [-0.05, 0) is 27.3 Å². The largest absolute Gasteiger partial charge is 0.464 e. The Morgan fingerprint density at radius 2 is 2.36 bits per heavy atom. The van der Waals surface area contributed by atoms with Gasteiger partial charge in [0.15, 0.2) is 0 Å². The van der Waals surface area contributed by atoms with Gasteiger partial charge in [0.1, 0.15) is 5.54 Å². The van der Waals surface area contributed by atoms with Crippen molar-refractivity contribution in [1.29, 1.82) is 0 Å². The molecule has 1 heterocycles. The van der Waals surface area contributed by atoms with Gasteiger partial charge in [-0.3, -0.25) is 4.79 Å². The summed E-state index contributed by atoms with van der Waals surface area (Å²) in [6, 6.07) is 0. The Morgan fingerprint density at radius 1 is 1.64 bits per heavy atom. The average Bonchev–Trinajstić information content (AvgIpc) is 2.66. The van der Waals surface area contributed by atoms with Crippen LogP contribution in [-0.2, 0) is 14.3 Å². The van der Waals surface area contributed by atoms with Gasteiger partial charge in [0.25, 0.3) is 0 Å². The van der Waals surface area contributed by atoms with Crippen molar-refractivity contribution in [3.05, 3.63) is 0 Å². The van der Waals surface area contributed by atoms with Crippen LogP contribution in [0.5, 0.6) is 0 Å². The van der Waals surface area contributed by atoms with E-state index >= 15 is 0 Å². The molecule has 0 aromatic rings.